The summed E-state index contributed by atoms with van der Waals surface area (Å²) < 4.78 is 5.56. The molecule has 4 aromatic rings. The number of fused-ring (bicyclic) bond motifs is 3. The molecule has 0 saturated carbocycles. The van der Waals surface area contributed by atoms with E-state index in [9.17, 15) is 14.7 Å². The fourth-order valence-electron chi connectivity index (χ4n) is 5.25. The van der Waals surface area contributed by atoms with Gasteiger partial charge in [-0.1, -0.05) is 91.0 Å². The van der Waals surface area contributed by atoms with Gasteiger partial charge in [-0.25, -0.2) is 9.59 Å². The van der Waals surface area contributed by atoms with Crippen LogP contribution < -0.4 is 10.2 Å². The summed E-state index contributed by atoms with van der Waals surface area (Å²) in [5.41, 5.74) is 7.59. The number of carboxylic acid groups (broad SMARTS) is 1. The number of benzene rings is 4. The number of nitrogens with one attached hydrogen (secondary N) is 1. The molecule has 0 heterocycles. The number of hydrogen-bond donors (Lipinski definition) is 2. The molecule has 1 unspecified atom stereocenters. The molecule has 1 amide bonds. The summed E-state index contributed by atoms with van der Waals surface area (Å²) in [6.07, 6.45) is -0.578. The van der Waals surface area contributed by atoms with Crippen molar-refractivity contribution in [3.8, 4) is 11.1 Å². The van der Waals surface area contributed by atoms with Crippen LogP contribution in [0.1, 0.15) is 35.1 Å². The highest BCUT2D eigenvalue weighted by Crippen LogP contribution is 2.44. The summed E-state index contributed by atoms with van der Waals surface area (Å²) in [4.78, 5) is 26.9. The molecule has 0 aliphatic heterocycles. The first-order valence-corrected chi connectivity index (χ1v) is 13.3. The van der Waals surface area contributed by atoms with E-state index in [4.69, 9.17) is 4.74 Å². The number of carbonyl (C=O) groups is 2. The van der Waals surface area contributed by atoms with E-state index >= 15 is 0 Å². The van der Waals surface area contributed by atoms with Crippen molar-refractivity contribution in [1.82, 2.24) is 5.32 Å². The van der Waals surface area contributed by atoms with Gasteiger partial charge >= 0.3 is 12.1 Å². The fraction of sp³-hybridized carbons (Fsp3) is 0.212. The van der Waals surface area contributed by atoms with E-state index in [1.807, 2.05) is 78.9 Å². The molecular formula is C33H32N2O4. The van der Waals surface area contributed by atoms with Crippen LogP contribution >= 0.6 is 0 Å². The zero-order chi connectivity index (χ0) is 27.2. The van der Waals surface area contributed by atoms with Crippen LogP contribution in [0.3, 0.4) is 0 Å². The molecule has 0 fully saturated rings. The number of ether oxygens (including phenoxy) is 1. The molecule has 5 rings (SSSR count). The molecule has 1 aliphatic carbocycles. The minimum absolute atomic E-state index is 0.0867. The molecule has 2 N–H and O–H groups in total. The van der Waals surface area contributed by atoms with Gasteiger partial charge in [0, 0.05) is 31.1 Å². The van der Waals surface area contributed by atoms with Crippen LogP contribution in [0.5, 0.6) is 0 Å². The molecule has 0 saturated heterocycles. The molecule has 39 heavy (non-hydrogen) atoms. The quantitative estimate of drug-likeness (QED) is 0.259. The Bertz CT molecular complexity index is 1390. The number of carboxylic acids is 1. The lowest BCUT2D eigenvalue weighted by molar-refractivity contribution is -0.139. The summed E-state index contributed by atoms with van der Waals surface area (Å²) in [5, 5.41) is 12.3. The summed E-state index contributed by atoms with van der Waals surface area (Å²) in [5.74, 6) is -1.19. The molecule has 0 spiro atoms. The summed E-state index contributed by atoms with van der Waals surface area (Å²) >= 11 is 0. The van der Waals surface area contributed by atoms with Crippen LogP contribution in [0.15, 0.2) is 103 Å². The maximum absolute atomic E-state index is 12.7. The highest BCUT2D eigenvalue weighted by molar-refractivity contribution is 5.81. The van der Waals surface area contributed by atoms with Crippen molar-refractivity contribution >= 4 is 17.7 Å². The van der Waals surface area contributed by atoms with Crippen molar-refractivity contribution in [3.05, 3.63) is 125 Å². The summed E-state index contributed by atoms with van der Waals surface area (Å²) in [6, 6.07) is 33.2. The maximum atomic E-state index is 12.7. The third-order valence-corrected chi connectivity index (χ3v) is 7.27. The van der Waals surface area contributed by atoms with Gasteiger partial charge in [-0.2, -0.15) is 0 Å². The van der Waals surface area contributed by atoms with Crippen molar-refractivity contribution in [3.63, 3.8) is 0 Å². The van der Waals surface area contributed by atoms with Crippen molar-refractivity contribution < 1.29 is 19.4 Å². The van der Waals surface area contributed by atoms with Gasteiger partial charge in [-0.05, 0) is 52.4 Å². The lowest BCUT2D eigenvalue weighted by Crippen LogP contribution is -2.42. The van der Waals surface area contributed by atoms with E-state index in [-0.39, 0.29) is 18.9 Å². The number of rotatable bonds is 10. The van der Waals surface area contributed by atoms with Gasteiger partial charge in [0.1, 0.15) is 12.6 Å². The van der Waals surface area contributed by atoms with Crippen LogP contribution in [0, 0.1) is 0 Å². The van der Waals surface area contributed by atoms with Crippen LogP contribution in [-0.4, -0.2) is 36.4 Å². The largest absolute Gasteiger partial charge is 0.480 e. The second-order valence-corrected chi connectivity index (χ2v) is 9.73. The Morgan fingerprint density at radius 2 is 1.41 bits per heavy atom. The van der Waals surface area contributed by atoms with E-state index in [2.05, 4.69) is 41.4 Å². The Hall–Kier alpha value is -4.58. The van der Waals surface area contributed by atoms with E-state index in [0.29, 0.717) is 0 Å². The number of amides is 1. The molecule has 0 aromatic heterocycles. The minimum atomic E-state index is -1.10. The SMILES string of the molecule is CCN(Cc1ccccc1)c1ccc(CC(NC(=O)OCC2c3ccccc3-c3ccccc32)C(=O)O)cc1. The summed E-state index contributed by atoms with van der Waals surface area (Å²) in [6.45, 7) is 3.87. The van der Waals surface area contributed by atoms with E-state index in [0.717, 1.165) is 46.6 Å². The number of nitrogens with zero attached hydrogens (tertiary/aromatic N) is 1. The van der Waals surface area contributed by atoms with E-state index in [1.165, 1.54) is 5.56 Å². The normalized spacial score (nSPS) is 12.7. The van der Waals surface area contributed by atoms with Gasteiger partial charge in [0.15, 0.2) is 0 Å². The Morgan fingerprint density at radius 1 is 0.821 bits per heavy atom. The Kier molecular flexibility index (Phi) is 7.92. The maximum Gasteiger partial charge on any atom is 0.407 e. The smallest absolute Gasteiger partial charge is 0.407 e. The van der Waals surface area contributed by atoms with Crippen LogP contribution in [0.2, 0.25) is 0 Å². The standard InChI is InChI=1S/C33H32N2O4/c1-2-35(21-24-10-4-3-5-11-24)25-18-16-23(17-19-25)20-31(32(36)37)34-33(38)39-22-30-28-14-8-6-12-26(28)27-13-7-9-15-29(27)30/h3-19,30-31H,2,20-22H2,1H3,(H,34,38)(H,36,37). The van der Waals surface area contributed by atoms with Gasteiger partial charge in [0.25, 0.3) is 0 Å². The van der Waals surface area contributed by atoms with Gasteiger partial charge in [-0.3, -0.25) is 0 Å². The number of carbonyl (C=O) groups excluding carboxylic acids is 1. The zero-order valence-corrected chi connectivity index (χ0v) is 21.9. The van der Waals surface area contributed by atoms with Gasteiger partial charge in [0.2, 0.25) is 0 Å². The molecule has 198 valence electrons. The Labute approximate surface area is 228 Å². The topological polar surface area (TPSA) is 78.9 Å². The number of hydrogen-bond acceptors (Lipinski definition) is 4. The first-order chi connectivity index (χ1) is 19.0. The first-order valence-electron chi connectivity index (χ1n) is 13.3. The monoisotopic (exact) mass is 520 g/mol. The van der Waals surface area contributed by atoms with Crippen LogP contribution in [-0.2, 0) is 22.5 Å². The van der Waals surface area contributed by atoms with Crippen LogP contribution in [0.25, 0.3) is 11.1 Å². The molecule has 1 atom stereocenters. The van der Waals surface area contributed by atoms with Crippen LogP contribution in [0.4, 0.5) is 10.5 Å². The molecule has 6 nitrogen and oxygen atoms in total. The van der Waals surface area contributed by atoms with Crippen molar-refractivity contribution in [2.24, 2.45) is 0 Å². The predicted molar refractivity (Wildman–Crippen MR) is 153 cm³/mol. The number of anilines is 1. The lowest BCUT2D eigenvalue weighted by atomic mass is 9.98. The highest BCUT2D eigenvalue weighted by atomic mass is 16.5. The first kappa shape index (κ1) is 26.0. The molecule has 0 radical (unpaired) electrons. The minimum Gasteiger partial charge on any atom is -0.480 e. The Morgan fingerprint density at radius 3 is 2.00 bits per heavy atom. The average molecular weight is 521 g/mol. The fourth-order valence-corrected chi connectivity index (χ4v) is 5.25. The second kappa shape index (κ2) is 11.9. The summed E-state index contributed by atoms with van der Waals surface area (Å²) in [7, 11) is 0. The van der Waals surface area contributed by atoms with E-state index in [1.54, 1.807) is 0 Å². The molecule has 0 bridgehead atoms. The van der Waals surface area contributed by atoms with Crippen molar-refractivity contribution in [2.45, 2.75) is 31.8 Å². The second-order valence-electron chi connectivity index (χ2n) is 9.73. The molecule has 4 aromatic carbocycles. The number of alkyl carbamates (subject to hydrolysis) is 1. The Balaban J connectivity index is 1.20. The van der Waals surface area contributed by atoms with Gasteiger partial charge < -0.3 is 20.1 Å². The molecule has 1 aliphatic rings. The third kappa shape index (κ3) is 5.96. The predicted octanol–water partition coefficient (Wildman–Crippen LogP) is 6.25. The third-order valence-electron chi connectivity index (χ3n) is 7.27. The van der Waals surface area contributed by atoms with Gasteiger partial charge in [0.05, 0.1) is 0 Å². The van der Waals surface area contributed by atoms with Gasteiger partial charge in [-0.15, -0.1) is 0 Å². The highest BCUT2D eigenvalue weighted by Gasteiger charge is 2.29. The average Bonchev–Trinajstić information content (AvgIpc) is 3.29. The molecule has 6 heteroatoms. The van der Waals surface area contributed by atoms with E-state index < -0.39 is 18.1 Å². The molecular weight excluding hydrogens is 488 g/mol. The number of aliphatic carboxylic acids is 1. The van der Waals surface area contributed by atoms with Crippen molar-refractivity contribution in [1.29, 1.82) is 0 Å². The zero-order valence-electron chi connectivity index (χ0n) is 21.9. The lowest BCUT2D eigenvalue weighted by Gasteiger charge is -2.24. The van der Waals surface area contributed by atoms with Crippen molar-refractivity contribution in [2.75, 3.05) is 18.1 Å².